The third kappa shape index (κ3) is 3.70. The number of Topliss-reactive ketones (excluding diaryl/α,β-unsaturated/α-hetero) is 1. The molecule has 1 heteroatoms. The Morgan fingerprint density at radius 2 is 2.27 bits per heavy atom. The van der Waals surface area contributed by atoms with E-state index in [1.54, 1.807) is 0 Å². The third-order valence-electron chi connectivity index (χ3n) is 3.62. The molecule has 15 heavy (non-hydrogen) atoms. The van der Waals surface area contributed by atoms with Crippen LogP contribution in [-0.4, -0.2) is 5.78 Å². The second-order valence-electron chi connectivity index (χ2n) is 5.04. The zero-order chi connectivity index (χ0) is 11.3. The topological polar surface area (TPSA) is 17.1 Å². The Hall–Kier alpha value is -0.770. The van der Waals surface area contributed by atoms with Crippen LogP contribution < -0.4 is 0 Å². The lowest BCUT2D eigenvalue weighted by Crippen LogP contribution is -2.27. The molecule has 0 aromatic heterocycles. The first-order valence-corrected chi connectivity index (χ1v) is 6.11. The fraction of sp³-hybridized carbons (Fsp3) is 0.786. The summed E-state index contributed by atoms with van der Waals surface area (Å²) in [7, 11) is 0. The molecule has 1 rings (SSSR count). The van der Waals surface area contributed by atoms with Crippen LogP contribution >= 0.6 is 0 Å². The highest BCUT2D eigenvalue weighted by atomic mass is 16.1. The first-order valence-electron chi connectivity index (χ1n) is 6.11. The molecule has 0 heterocycles. The Kier molecular flexibility index (Phi) is 4.88. The molecule has 1 fully saturated rings. The second-order valence-corrected chi connectivity index (χ2v) is 5.04. The van der Waals surface area contributed by atoms with Gasteiger partial charge in [-0.3, -0.25) is 4.79 Å². The highest BCUT2D eigenvalue weighted by Crippen LogP contribution is 2.33. The van der Waals surface area contributed by atoms with E-state index in [-0.39, 0.29) is 0 Å². The number of carbonyl (C=O) groups is 1. The van der Waals surface area contributed by atoms with Gasteiger partial charge in [-0.2, -0.15) is 0 Å². The molecule has 0 spiro atoms. The quantitative estimate of drug-likeness (QED) is 0.509. The van der Waals surface area contributed by atoms with Crippen molar-refractivity contribution in [3.63, 3.8) is 0 Å². The summed E-state index contributed by atoms with van der Waals surface area (Å²) in [6.45, 7) is 4.53. The Balaban J connectivity index is 2.40. The summed E-state index contributed by atoms with van der Waals surface area (Å²) >= 11 is 0. The maximum atomic E-state index is 11.7. The van der Waals surface area contributed by atoms with Crippen LogP contribution in [0.1, 0.15) is 52.4 Å². The van der Waals surface area contributed by atoms with Crippen molar-refractivity contribution in [2.75, 3.05) is 0 Å². The van der Waals surface area contributed by atoms with Crippen molar-refractivity contribution in [1.29, 1.82) is 0 Å². The lowest BCUT2D eigenvalue weighted by Gasteiger charge is -2.30. The van der Waals surface area contributed by atoms with E-state index in [1.807, 2.05) is 0 Å². The zero-order valence-corrected chi connectivity index (χ0v) is 9.96. The van der Waals surface area contributed by atoms with E-state index in [4.69, 9.17) is 6.42 Å². The first kappa shape index (κ1) is 12.3. The standard InChI is InChI=1S/C14H22O/c1-4-5-6-7-13-10-12(11(2)3)8-9-14(13)15/h1,11-13H,5-10H2,2-3H3/t12-,13?/m0/s1. The van der Waals surface area contributed by atoms with Crippen molar-refractivity contribution < 1.29 is 4.79 Å². The summed E-state index contributed by atoms with van der Waals surface area (Å²) in [5, 5.41) is 0. The van der Waals surface area contributed by atoms with Gasteiger partial charge in [-0.05, 0) is 37.5 Å². The Morgan fingerprint density at radius 3 is 2.87 bits per heavy atom. The second kappa shape index (κ2) is 5.95. The number of rotatable bonds is 4. The van der Waals surface area contributed by atoms with Crippen molar-refractivity contribution in [3.05, 3.63) is 0 Å². The molecule has 1 aliphatic rings. The maximum absolute atomic E-state index is 11.7. The molecule has 0 radical (unpaired) electrons. The summed E-state index contributed by atoms with van der Waals surface area (Å²) in [5.41, 5.74) is 0. The number of hydrogen-bond acceptors (Lipinski definition) is 1. The van der Waals surface area contributed by atoms with Crippen molar-refractivity contribution in [2.24, 2.45) is 17.8 Å². The summed E-state index contributed by atoms with van der Waals surface area (Å²) < 4.78 is 0. The van der Waals surface area contributed by atoms with Gasteiger partial charge < -0.3 is 0 Å². The minimum atomic E-state index is 0.305. The molecule has 0 N–H and O–H groups in total. The van der Waals surface area contributed by atoms with E-state index in [9.17, 15) is 4.79 Å². The average molecular weight is 206 g/mol. The van der Waals surface area contributed by atoms with Gasteiger partial charge in [0, 0.05) is 18.8 Å². The van der Waals surface area contributed by atoms with Crippen molar-refractivity contribution >= 4 is 5.78 Å². The number of unbranched alkanes of at least 4 members (excludes halogenated alkanes) is 1. The van der Waals surface area contributed by atoms with Gasteiger partial charge in [0.25, 0.3) is 0 Å². The zero-order valence-electron chi connectivity index (χ0n) is 9.96. The van der Waals surface area contributed by atoms with Gasteiger partial charge >= 0.3 is 0 Å². The molecule has 0 amide bonds. The van der Waals surface area contributed by atoms with Crippen LogP contribution in [0.3, 0.4) is 0 Å². The Morgan fingerprint density at radius 1 is 1.53 bits per heavy atom. The van der Waals surface area contributed by atoms with Crippen LogP contribution in [0, 0.1) is 30.1 Å². The van der Waals surface area contributed by atoms with Gasteiger partial charge in [-0.1, -0.05) is 13.8 Å². The number of ketones is 1. The van der Waals surface area contributed by atoms with Crippen LogP contribution in [-0.2, 0) is 4.79 Å². The van der Waals surface area contributed by atoms with E-state index < -0.39 is 0 Å². The highest BCUT2D eigenvalue weighted by Gasteiger charge is 2.29. The predicted octanol–water partition coefficient (Wildman–Crippen LogP) is 3.43. The van der Waals surface area contributed by atoms with Crippen molar-refractivity contribution in [3.8, 4) is 12.3 Å². The summed E-state index contributed by atoms with van der Waals surface area (Å²) in [6.07, 6.45) is 11.0. The van der Waals surface area contributed by atoms with Gasteiger partial charge in [0.05, 0.1) is 0 Å². The minimum Gasteiger partial charge on any atom is -0.299 e. The Bertz CT molecular complexity index is 247. The van der Waals surface area contributed by atoms with E-state index in [0.29, 0.717) is 17.6 Å². The Labute approximate surface area is 93.6 Å². The fourth-order valence-electron chi connectivity index (χ4n) is 2.48. The molecule has 0 aromatic rings. The van der Waals surface area contributed by atoms with Gasteiger partial charge in [0.1, 0.15) is 5.78 Å². The summed E-state index contributed by atoms with van der Waals surface area (Å²) in [6, 6.07) is 0. The third-order valence-corrected chi connectivity index (χ3v) is 3.62. The smallest absolute Gasteiger partial charge is 0.135 e. The monoisotopic (exact) mass is 206 g/mol. The number of terminal acetylenes is 1. The SMILES string of the molecule is C#CCCCC1C[C@@H](C(C)C)CCC1=O. The number of hydrogen-bond donors (Lipinski definition) is 0. The predicted molar refractivity (Wildman–Crippen MR) is 63.4 cm³/mol. The minimum absolute atomic E-state index is 0.305. The first-order chi connectivity index (χ1) is 7.15. The largest absolute Gasteiger partial charge is 0.299 e. The van der Waals surface area contributed by atoms with Gasteiger partial charge in [0.2, 0.25) is 0 Å². The lowest BCUT2D eigenvalue weighted by atomic mass is 9.74. The van der Waals surface area contributed by atoms with E-state index in [0.717, 1.165) is 44.4 Å². The molecule has 0 aliphatic heterocycles. The molecule has 84 valence electrons. The molecule has 0 aromatic carbocycles. The molecule has 1 saturated carbocycles. The molecule has 1 unspecified atom stereocenters. The van der Waals surface area contributed by atoms with Crippen LogP contribution in [0.15, 0.2) is 0 Å². The van der Waals surface area contributed by atoms with Crippen LogP contribution in [0.4, 0.5) is 0 Å². The highest BCUT2D eigenvalue weighted by molar-refractivity contribution is 5.81. The van der Waals surface area contributed by atoms with Gasteiger partial charge in [0.15, 0.2) is 0 Å². The molecular formula is C14H22O. The molecule has 0 bridgehead atoms. The van der Waals surface area contributed by atoms with Crippen LogP contribution in [0.5, 0.6) is 0 Å². The van der Waals surface area contributed by atoms with Gasteiger partial charge in [-0.15, -0.1) is 12.3 Å². The molecule has 1 aliphatic carbocycles. The van der Waals surface area contributed by atoms with E-state index in [2.05, 4.69) is 19.8 Å². The summed E-state index contributed by atoms with van der Waals surface area (Å²) in [5.74, 6) is 4.89. The van der Waals surface area contributed by atoms with Crippen LogP contribution in [0.2, 0.25) is 0 Å². The molecule has 0 saturated heterocycles. The summed E-state index contributed by atoms with van der Waals surface area (Å²) in [4.78, 5) is 11.7. The normalized spacial score (nSPS) is 26.7. The lowest BCUT2D eigenvalue weighted by molar-refractivity contribution is -0.126. The van der Waals surface area contributed by atoms with E-state index in [1.165, 1.54) is 0 Å². The fourth-order valence-corrected chi connectivity index (χ4v) is 2.48. The molecular weight excluding hydrogens is 184 g/mol. The van der Waals surface area contributed by atoms with Crippen molar-refractivity contribution in [1.82, 2.24) is 0 Å². The molecule has 1 nitrogen and oxygen atoms in total. The maximum Gasteiger partial charge on any atom is 0.135 e. The average Bonchev–Trinajstić information content (AvgIpc) is 2.20. The van der Waals surface area contributed by atoms with Gasteiger partial charge in [-0.25, -0.2) is 0 Å². The molecule has 2 atom stereocenters. The van der Waals surface area contributed by atoms with Crippen molar-refractivity contribution in [2.45, 2.75) is 52.4 Å². The van der Waals surface area contributed by atoms with Crippen LogP contribution in [0.25, 0.3) is 0 Å². The van der Waals surface area contributed by atoms with E-state index >= 15 is 0 Å². The number of carbonyl (C=O) groups excluding carboxylic acids is 1.